The lowest BCUT2D eigenvalue weighted by atomic mass is 9.96. The van der Waals surface area contributed by atoms with E-state index in [9.17, 15) is 4.79 Å². The first kappa shape index (κ1) is 38.4. The highest BCUT2D eigenvalue weighted by molar-refractivity contribution is 6.90. The predicted molar refractivity (Wildman–Crippen MR) is 208 cm³/mol. The van der Waals surface area contributed by atoms with Crippen LogP contribution in [0.4, 0.5) is 19.4 Å². The van der Waals surface area contributed by atoms with Gasteiger partial charge in [0, 0.05) is 42.9 Å². The third-order valence-corrected chi connectivity index (χ3v) is 17.1. The van der Waals surface area contributed by atoms with Gasteiger partial charge < -0.3 is 19.1 Å². The normalized spacial score (nSPS) is 17.6. The van der Waals surface area contributed by atoms with Crippen LogP contribution in [0.5, 0.6) is 5.75 Å². The van der Waals surface area contributed by atoms with Crippen LogP contribution < -0.4 is 9.64 Å². The Labute approximate surface area is 312 Å². The van der Waals surface area contributed by atoms with Crippen LogP contribution in [0.3, 0.4) is 0 Å². The molecule has 2 aromatic heterocycles. The minimum Gasteiger partial charge on any atom is -0.468 e. The Morgan fingerprint density at radius 1 is 1.00 bits per heavy atom. The van der Waals surface area contributed by atoms with Crippen LogP contribution in [0.1, 0.15) is 80.7 Å². The van der Waals surface area contributed by atoms with Crippen molar-refractivity contribution in [3.05, 3.63) is 54.0 Å². The van der Waals surface area contributed by atoms with Crippen LogP contribution in [0.25, 0.3) is 32.9 Å². The summed E-state index contributed by atoms with van der Waals surface area (Å²) in [6.45, 7) is 19.9. The highest BCUT2D eigenvalue weighted by Gasteiger charge is 2.45. The molecule has 0 aliphatic carbocycles. The molecule has 2 aliphatic rings. The summed E-state index contributed by atoms with van der Waals surface area (Å²) >= 11 is 0. The Morgan fingerprint density at radius 2 is 1.66 bits per heavy atom. The van der Waals surface area contributed by atoms with E-state index in [4.69, 9.17) is 19.2 Å². The number of aromatic nitrogens is 3. The van der Waals surface area contributed by atoms with Crippen LogP contribution in [0, 0.1) is 23.4 Å². The molecule has 9 nitrogen and oxygen atoms in total. The second-order valence-electron chi connectivity index (χ2n) is 16.2. The van der Waals surface area contributed by atoms with Gasteiger partial charge in [-0.3, -0.25) is 9.88 Å². The molecular weight excluding hydrogens is 693 g/mol. The van der Waals surface area contributed by atoms with Crippen molar-refractivity contribution in [3.8, 4) is 28.5 Å². The highest BCUT2D eigenvalue weighted by Crippen LogP contribution is 2.42. The van der Waals surface area contributed by atoms with E-state index in [-0.39, 0.29) is 47.4 Å². The van der Waals surface area contributed by atoms with E-state index in [0.717, 1.165) is 29.2 Å². The number of benzene rings is 2. The Kier molecular flexibility index (Phi) is 10.7. The summed E-state index contributed by atoms with van der Waals surface area (Å²) < 4.78 is 49.1. The number of amides is 1. The number of methoxy groups -OCH3 is 1. The van der Waals surface area contributed by atoms with Gasteiger partial charge in [0.2, 0.25) is 0 Å². The lowest BCUT2D eigenvalue weighted by Gasteiger charge is -2.42. The Bertz CT molecular complexity index is 2050. The number of ether oxygens (including phenoxy) is 3. The van der Waals surface area contributed by atoms with Gasteiger partial charge in [-0.1, -0.05) is 59.6 Å². The van der Waals surface area contributed by atoms with Gasteiger partial charge in [-0.25, -0.2) is 9.18 Å². The molecule has 282 valence electrons. The average Bonchev–Trinajstić information content (AvgIpc) is 3.35. The fraction of sp³-hybridized carbons (Fsp3) is 0.512. The molecule has 2 unspecified atom stereocenters. The molecule has 2 fully saturated rings. The minimum atomic E-state index is -2.11. The first-order valence-corrected chi connectivity index (χ1v) is 20.8. The quantitative estimate of drug-likeness (QED) is 0.0764. The van der Waals surface area contributed by atoms with Crippen molar-refractivity contribution in [2.75, 3.05) is 31.9 Å². The van der Waals surface area contributed by atoms with E-state index in [2.05, 4.69) is 63.0 Å². The summed E-state index contributed by atoms with van der Waals surface area (Å²) in [5.41, 5.74) is 5.50. The first-order valence-electron chi connectivity index (χ1n) is 18.6. The summed E-state index contributed by atoms with van der Waals surface area (Å²) in [7, 11) is -0.579. The van der Waals surface area contributed by atoms with Gasteiger partial charge in [0.1, 0.15) is 36.5 Å². The number of nitrogens with zero attached hydrogens (tertiary/aromatic N) is 5. The SMILES string of the molecule is COCOc1cc(-c2ncc3c(N4CC5CCC(C4)N5C(=O)OC(C)(C)C)nc(F)nc3c2F)c2c(C#C[Si](C(C)C)(C(C)C)C(C)C)cccc2c1. The maximum atomic E-state index is 17.0. The van der Waals surface area contributed by atoms with Crippen LogP contribution in [0.15, 0.2) is 36.5 Å². The summed E-state index contributed by atoms with van der Waals surface area (Å²) in [5.74, 6) is 3.50. The first-order chi connectivity index (χ1) is 25.0. The molecule has 0 radical (unpaired) electrons. The second-order valence-corrected chi connectivity index (χ2v) is 21.8. The van der Waals surface area contributed by atoms with Gasteiger partial charge in [-0.2, -0.15) is 14.4 Å². The van der Waals surface area contributed by atoms with Crippen molar-refractivity contribution in [2.45, 2.75) is 109 Å². The van der Waals surface area contributed by atoms with E-state index in [1.54, 1.807) is 11.0 Å². The van der Waals surface area contributed by atoms with Crippen molar-refractivity contribution < 1.29 is 27.8 Å². The maximum Gasteiger partial charge on any atom is 0.410 e. The van der Waals surface area contributed by atoms with Crippen molar-refractivity contribution in [1.82, 2.24) is 19.9 Å². The zero-order valence-corrected chi connectivity index (χ0v) is 33.5. The number of rotatable bonds is 8. The van der Waals surface area contributed by atoms with Crippen LogP contribution in [-0.4, -0.2) is 78.7 Å². The topological polar surface area (TPSA) is 89.9 Å². The molecule has 53 heavy (non-hydrogen) atoms. The third-order valence-electron chi connectivity index (χ3n) is 10.9. The number of halogens is 2. The smallest absolute Gasteiger partial charge is 0.410 e. The number of hydrogen-bond donors (Lipinski definition) is 0. The Hall–Kier alpha value is -4.34. The van der Waals surface area contributed by atoms with E-state index in [0.29, 0.717) is 41.0 Å². The van der Waals surface area contributed by atoms with E-state index in [1.165, 1.54) is 13.3 Å². The highest BCUT2D eigenvalue weighted by atomic mass is 28.3. The number of piperazine rings is 1. The molecule has 2 bridgehead atoms. The number of pyridine rings is 1. The number of carbonyl (C=O) groups is 1. The maximum absolute atomic E-state index is 17.0. The average molecular weight is 744 g/mol. The van der Waals surface area contributed by atoms with Crippen molar-refractivity contribution in [3.63, 3.8) is 0 Å². The van der Waals surface area contributed by atoms with Gasteiger partial charge >= 0.3 is 12.2 Å². The fourth-order valence-electron chi connectivity index (χ4n) is 8.64. The molecule has 6 rings (SSSR count). The van der Waals surface area contributed by atoms with Crippen molar-refractivity contribution in [1.29, 1.82) is 0 Å². The van der Waals surface area contributed by atoms with E-state index < -0.39 is 25.6 Å². The molecule has 2 aliphatic heterocycles. The van der Waals surface area contributed by atoms with E-state index >= 15 is 8.78 Å². The van der Waals surface area contributed by atoms with Gasteiger partial charge in [-0.05, 0) is 73.8 Å². The summed E-state index contributed by atoms with van der Waals surface area (Å²) in [4.78, 5) is 29.6. The molecule has 2 atom stereocenters. The zero-order chi connectivity index (χ0) is 38.4. The van der Waals surface area contributed by atoms with Gasteiger partial charge in [-0.15, -0.1) is 5.54 Å². The monoisotopic (exact) mass is 743 g/mol. The predicted octanol–water partition coefficient (Wildman–Crippen LogP) is 9.26. The molecule has 2 saturated heterocycles. The molecule has 4 heterocycles. The second kappa shape index (κ2) is 14.8. The van der Waals surface area contributed by atoms with Crippen LogP contribution in [0.2, 0.25) is 16.6 Å². The molecule has 12 heteroatoms. The molecule has 0 spiro atoms. The van der Waals surface area contributed by atoms with Crippen LogP contribution in [-0.2, 0) is 9.47 Å². The van der Waals surface area contributed by atoms with Gasteiger partial charge in [0.05, 0.1) is 17.5 Å². The largest absolute Gasteiger partial charge is 0.468 e. The molecule has 2 aromatic carbocycles. The molecular formula is C41H51F2N5O4Si. The number of hydrogen-bond acceptors (Lipinski definition) is 8. The van der Waals surface area contributed by atoms with E-state index in [1.807, 2.05) is 49.9 Å². The minimum absolute atomic E-state index is 0.00133. The van der Waals surface area contributed by atoms with Crippen molar-refractivity contribution >= 4 is 41.7 Å². The van der Waals surface area contributed by atoms with Gasteiger partial charge in [0.15, 0.2) is 12.6 Å². The fourth-order valence-corrected chi connectivity index (χ4v) is 13.9. The lowest BCUT2D eigenvalue weighted by molar-refractivity contribution is 0.0122. The lowest BCUT2D eigenvalue weighted by Crippen LogP contribution is -2.57. The van der Waals surface area contributed by atoms with Crippen molar-refractivity contribution in [2.24, 2.45) is 0 Å². The Morgan fingerprint density at radius 3 is 2.26 bits per heavy atom. The summed E-state index contributed by atoms with van der Waals surface area (Å²) in [6.07, 6.45) is 1.66. The standard InChI is InChI=1S/C41H51F2N5O4Si/c1-24(2)53(25(3)4,26(5)6)17-16-27-12-11-13-28-18-31(51-23-50-10)19-32(34(27)28)36-35(42)37-33(20-44-36)38(46-39(43)45-37)47-21-29-14-15-30(22-47)48(29)40(49)52-41(7,8)9/h11-13,18-20,24-26,29-30H,14-15,21-23H2,1-10H3. The molecule has 0 N–H and O–H groups in total. The third kappa shape index (κ3) is 7.30. The number of fused-ring (bicyclic) bond motifs is 4. The summed E-state index contributed by atoms with van der Waals surface area (Å²) in [6, 6.07) is 9.13. The zero-order valence-electron chi connectivity index (χ0n) is 32.5. The molecule has 4 aromatic rings. The molecule has 1 amide bonds. The Balaban J connectivity index is 1.48. The van der Waals surface area contributed by atoms with Gasteiger partial charge in [0.25, 0.3) is 0 Å². The number of anilines is 1. The van der Waals surface area contributed by atoms with Crippen LogP contribution >= 0.6 is 0 Å². The number of carbonyl (C=O) groups excluding carboxylic acids is 1. The molecule has 0 saturated carbocycles. The summed E-state index contributed by atoms with van der Waals surface area (Å²) in [5, 5.41) is 1.80.